The summed E-state index contributed by atoms with van der Waals surface area (Å²) < 4.78 is 5.41. The average Bonchev–Trinajstić information content (AvgIpc) is 3.01. The number of pyridine rings is 1. The van der Waals surface area contributed by atoms with Gasteiger partial charge in [-0.15, -0.1) is 0 Å². The number of aromatic nitrogens is 1. The first-order valence-corrected chi connectivity index (χ1v) is 15.5. The fourth-order valence-electron chi connectivity index (χ4n) is 4.24. The molecule has 0 saturated heterocycles. The minimum atomic E-state index is 0.0135. The summed E-state index contributed by atoms with van der Waals surface area (Å²) in [4.78, 5) is 20.0. The molecule has 0 unspecified atom stereocenters. The van der Waals surface area contributed by atoms with E-state index >= 15 is 0 Å². The van der Waals surface area contributed by atoms with Crippen LogP contribution in [0.15, 0.2) is 88.1 Å². The lowest BCUT2D eigenvalue weighted by atomic mass is 9.97. The third kappa shape index (κ3) is 11.3. The number of carbonyl (C=O) groups is 1. The normalized spacial score (nSPS) is 12.2. The summed E-state index contributed by atoms with van der Waals surface area (Å²) in [6, 6.07) is 22.1. The number of carbonyl (C=O) groups excluding carboxylic acids is 1. The van der Waals surface area contributed by atoms with Crippen molar-refractivity contribution < 1.29 is 9.53 Å². The van der Waals surface area contributed by atoms with Crippen LogP contribution in [-0.2, 0) is 11.2 Å². The van der Waals surface area contributed by atoms with Gasteiger partial charge >= 0.3 is 0 Å². The van der Waals surface area contributed by atoms with Crippen LogP contribution in [0.1, 0.15) is 62.4 Å². The monoisotopic (exact) mass is 625 g/mol. The Kier molecular flexibility index (Phi) is 13.4. The lowest BCUT2D eigenvalue weighted by Crippen LogP contribution is -2.22. The van der Waals surface area contributed by atoms with Gasteiger partial charge in [0, 0.05) is 46.9 Å². The Hall–Kier alpha value is -4.36. The Morgan fingerprint density at radius 3 is 2.36 bits per heavy atom. The smallest absolute Gasteiger partial charge is 0.216 e. The van der Waals surface area contributed by atoms with Crippen molar-refractivity contribution in [1.82, 2.24) is 10.3 Å². The quantitative estimate of drug-likeness (QED) is 0.142. The lowest BCUT2D eigenvalue weighted by molar-refractivity contribution is -0.118. The fraction of sp³-hybridized carbons (Fsp3) is 0.324. The van der Waals surface area contributed by atoms with Crippen LogP contribution in [-0.4, -0.2) is 48.2 Å². The van der Waals surface area contributed by atoms with Gasteiger partial charge in [-0.2, -0.15) is 10.2 Å². The van der Waals surface area contributed by atoms with Crippen molar-refractivity contribution in [2.45, 2.75) is 54.9 Å². The maximum atomic E-state index is 10.8. The zero-order valence-electron chi connectivity index (χ0n) is 27.6. The maximum Gasteiger partial charge on any atom is 0.216 e. The summed E-state index contributed by atoms with van der Waals surface area (Å²) in [5.41, 5.74) is 9.26. The first kappa shape index (κ1) is 35.1. The lowest BCUT2D eigenvalue weighted by Gasteiger charge is -2.12. The molecule has 1 amide bonds. The van der Waals surface area contributed by atoms with Crippen molar-refractivity contribution >= 4 is 45.5 Å². The highest BCUT2D eigenvalue weighted by atomic mass is 35.5. The van der Waals surface area contributed by atoms with Crippen molar-refractivity contribution in [1.29, 1.82) is 0 Å². The van der Waals surface area contributed by atoms with E-state index in [1.54, 1.807) is 7.11 Å². The number of methoxy groups -OCH3 is 1. The largest absolute Gasteiger partial charge is 0.497 e. The van der Waals surface area contributed by atoms with E-state index in [1.165, 1.54) is 18.1 Å². The van der Waals surface area contributed by atoms with Crippen LogP contribution in [0.3, 0.4) is 0 Å². The third-order valence-corrected chi connectivity index (χ3v) is 7.42. The second kappa shape index (κ2) is 17.2. The number of hydrogen-bond acceptors (Lipinski definition) is 6. The molecule has 1 aromatic heterocycles. The molecule has 0 bridgehead atoms. The molecule has 8 heteroatoms. The highest BCUT2D eigenvalue weighted by Gasteiger charge is 2.12. The molecule has 0 radical (unpaired) electrons. The molecule has 45 heavy (non-hydrogen) atoms. The second-order valence-electron chi connectivity index (χ2n) is 11.4. The molecule has 1 heterocycles. The van der Waals surface area contributed by atoms with E-state index in [0.717, 1.165) is 56.9 Å². The fourth-order valence-corrected chi connectivity index (χ4v) is 4.37. The summed E-state index contributed by atoms with van der Waals surface area (Å²) >= 11 is 6.07. The number of nitrogens with one attached hydrogen (secondary N) is 1. The van der Waals surface area contributed by atoms with E-state index in [9.17, 15) is 4.79 Å². The number of ether oxygens (including phenoxy) is 1. The number of benzene rings is 3. The van der Waals surface area contributed by atoms with Crippen molar-refractivity contribution in [2.24, 2.45) is 21.1 Å². The number of aryl methyl sites for hydroxylation is 2. The van der Waals surface area contributed by atoms with Crippen LogP contribution in [0.2, 0.25) is 5.02 Å². The van der Waals surface area contributed by atoms with Crippen LogP contribution in [0.4, 0.5) is 0 Å². The van der Waals surface area contributed by atoms with E-state index in [4.69, 9.17) is 21.3 Å². The van der Waals surface area contributed by atoms with Crippen molar-refractivity contribution in [2.75, 3.05) is 20.2 Å². The molecule has 0 aliphatic heterocycles. The van der Waals surface area contributed by atoms with Crippen molar-refractivity contribution in [3.05, 3.63) is 106 Å². The molecule has 0 fully saturated rings. The predicted molar refractivity (Wildman–Crippen MR) is 190 cm³/mol. The standard InChI is InChI=1S/C23H28ClN3O.C14H16N2O/c1-15(2)18(5)27-26-17(4)14-25-23(19-8-10-20(24)11-9-19)22-13-21(28-6)12-7-16(22)3;1-10-7-13-4-3-12(5-6-15-11(2)17)8-14(13)16-9-10/h7-13,15H,14H2,1-6H3;3-4,7-9H,5-6H2,1-2H3,(H,15,17)/b25-23?,26-17+,27-18-;. The van der Waals surface area contributed by atoms with Gasteiger partial charge in [0.2, 0.25) is 5.91 Å². The van der Waals surface area contributed by atoms with Gasteiger partial charge in [0.15, 0.2) is 0 Å². The average molecular weight is 626 g/mol. The molecule has 4 aromatic rings. The minimum absolute atomic E-state index is 0.0135. The Balaban J connectivity index is 0.000000276. The summed E-state index contributed by atoms with van der Waals surface area (Å²) in [6.45, 7) is 14.9. The third-order valence-electron chi connectivity index (χ3n) is 7.17. The van der Waals surface area contributed by atoms with Crippen molar-refractivity contribution in [3.63, 3.8) is 0 Å². The maximum absolute atomic E-state index is 10.8. The second-order valence-corrected chi connectivity index (χ2v) is 11.8. The van der Waals surface area contributed by atoms with Crippen LogP contribution < -0.4 is 10.1 Å². The Bertz CT molecular complexity index is 1690. The van der Waals surface area contributed by atoms with E-state index in [1.807, 2.05) is 69.4 Å². The van der Waals surface area contributed by atoms with Crippen LogP contribution >= 0.6 is 11.6 Å². The SMILES string of the molecule is CC(=O)NCCc1ccc2cc(C)cnc2c1.COc1ccc(C)c(C(=NC/C(C)=N/N=C(/C)C(C)C)c2ccc(Cl)cc2)c1. The number of halogens is 1. The molecule has 0 atom stereocenters. The van der Waals surface area contributed by atoms with E-state index in [2.05, 4.69) is 65.5 Å². The molecule has 236 valence electrons. The number of rotatable bonds is 10. The summed E-state index contributed by atoms with van der Waals surface area (Å²) in [5.74, 6) is 1.19. The van der Waals surface area contributed by atoms with Gasteiger partial charge in [-0.3, -0.25) is 14.8 Å². The summed E-state index contributed by atoms with van der Waals surface area (Å²) in [5, 5.41) is 13.3. The molecule has 0 aliphatic rings. The predicted octanol–water partition coefficient (Wildman–Crippen LogP) is 8.21. The van der Waals surface area contributed by atoms with Gasteiger partial charge in [-0.05, 0) is 93.1 Å². The van der Waals surface area contributed by atoms with E-state index < -0.39 is 0 Å². The Morgan fingerprint density at radius 1 is 0.956 bits per heavy atom. The zero-order valence-corrected chi connectivity index (χ0v) is 28.4. The first-order valence-electron chi connectivity index (χ1n) is 15.1. The molecular weight excluding hydrogens is 582 g/mol. The molecule has 1 N–H and O–H groups in total. The molecule has 7 nitrogen and oxygen atoms in total. The van der Waals surface area contributed by atoms with Gasteiger partial charge in [0.1, 0.15) is 5.75 Å². The van der Waals surface area contributed by atoms with Gasteiger partial charge in [-0.25, -0.2) is 0 Å². The highest BCUT2D eigenvalue weighted by Crippen LogP contribution is 2.22. The zero-order chi connectivity index (χ0) is 32.9. The van der Waals surface area contributed by atoms with Crippen LogP contribution in [0.25, 0.3) is 10.9 Å². The van der Waals surface area contributed by atoms with Crippen LogP contribution in [0, 0.1) is 19.8 Å². The number of hydrogen-bond donors (Lipinski definition) is 1. The molecular formula is C37H44ClN5O2. The topological polar surface area (TPSA) is 88.3 Å². The van der Waals surface area contributed by atoms with Gasteiger partial charge in [-0.1, -0.05) is 55.8 Å². The minimum Gasteiger partial charge on any atom is -0.497 e. The van der Waals surface area contributed by atoms with Crippen LogP contribution in [0.5, 0.6) is 5.75 Å². The van der Waals surface area contributed by atoms with Gasteiger partial charge in [0.05, 0.1) is 30.6 Å². The molecule has 0 spiro atoms. The van der Waals surface area contributed by atoms with Gasteiger partial charge in [0.25, 0.3) is 0 Å². The summed E-state index contributed by atoms with van der Waals surface area (Å²) in [6.07, 6.45) is 2.71. The first-order chi connectivity index (χ1) is 21.5. The molecule has 0 aliphatic carbocycles. The highest BCUT2D eigenvalue weighted by molar-refractivity contribution is 6.30. The molecule has 0 saturated carbocycles. The molecule has 4 rings (SSSR count). The number of amides is 1. The number of aliphatic imine (C=N–C) groups is 1. The summed E-state index contributed by atoms with van der Waals surface area (Å²) in [7, 11) is 1.67. The van der Waals surface area contributed by atoms with E-state index in [0.29, 0.717) is 24.0 Å². The molecule has 3 aromatic carbocycles. The Labute approximate surface area is 272 Å². The van der Waals surface area contributed by atoms with Crippen molar-refractivity contribution in [3.8, 4) is 5.75 Å². The number of nitrogens with zero attached hydrogens (tertiary/aromatic N) is 4. The van der Waals surface area contributed by atoms with Gasteiger partial charge < -0.3 is 10.1 Å². The number of fused-ring (bicyclic) bond motifs is 1. The Morgan fingerprint density at radius 2 is 1.69 bits per heavy atom. The van der Waals surface area contributed by atoms with E-state index in [-0.39, 0.29) is 5.91 Å².